The number of anilines is 2. The zero-order valence-corrected chi connectivity index (χ0v) is 20.3. The Morgan fingerprint density at radius 3 is 2.17 bits per heavy atom. The molecule has 5 heteroatoms. The molecule has 5 nitrogen and oxygen atoms in total. The summed E-state index contributed by atoms with van der Waals surface area (Å²) in [6, 6.07) is 27.8. The molecule has 3 atom stereocenters. The summed E-state index contributed by atoms with van der Waals surface area (Å²) in [4.78, 5) is 18.0. The molecule has 0 unspecified atom stereocenters. The van der Waals surface area contributed by atoms with Crippen molar-refractivity contribution in [3.8, 4) is 5.75 Å². The number of nitrogens with zero attached hydrogens (tertiary/aromatic N) is 2. The molecule has 0 aromatic heterocycles. The second-order valence-corrected chi connectivity index (χ2v) is 9.79. The topological polar surface area (TPSA) is 53.0 Å². The molecule has 1 saturated carbocycles. The van der Waals surface area contributed by atoms with Gasteiger partial charge in [0.1, 0.15) is 5.75 Å². The first-order chi connectivity index (χ1) is 17.1. The third-order valence-corrected chi connectivity index (χ3v) is 7.75. The van der Waals surface area contributed by atoms with Crippen molar-refractivity contribution in [2.75, 3.05) is 25.1 Å². The number of amides is 1. The van der Waals surface area contributed by atoms with E-state index in [1.807, 2.05) is 77.7 Å². The molecular formula is C30H34N2O3. The van der Waals surface area contributed by atoms with Crippen LogP contribution in [0.25, 0.3) is 0 Å². The van der Waals surface area contributed by atoms with Crippen LogP contribution in [0.3, 0.4) is 0 Å². The van der Waals surface area contributed by atoms with Gasteiger partial charge in [-0.25, -0.2) is 0 Å². The largest absolute Gasteiger partial charge is 0.497 e. The van der Waals surface area contributed by atoms with Crippen molar-refractivity contribution in [1.82, 2.24) is 4.90 Å². The molecule has 0 spiro atoms. The fourth-order valence-electron chi connectivity index (χ4n) is 6.00. The lowest BCUT2D eigenvalue weighted by atomic mass is 9.66. The van der Waals surface area contributed by atoms with Gasteiger partial charge in [-0.3, -0.25) is 14.6 Å². The van der Waals surface area contributed by atoms with E-state index in [2.05, 4.69) is 17.0 Å². The van der Waals surface area contributed by atoms with Crippen LogP contribution in [0.15, 0.2) is 84.9 Å². The highest BCUT2D eigenvalue weighted by atomic mass is 16.5. The van der Waals surface area contributed by atoms with Crippen LogP contribution in [0, 0.1) is 5.92 Å². The van der Waals surface area contributed by atoms with Crippen LogP contribution in [0.5, 0.6) is 5.75 Å². The van der Waals surface area contributed by atoms with Crippen molar-refractivity contribution >= 4 is 17.3 Å². The molecule has 1 heterocycles. The summed E-state index contributed by atoms with van der Waals surface area (Å²) in [6.07, 6.45) is 4.69. The summed E-state index contributed by atoms with van der Waals surface area (Å²) in [5.74, 6) is 0.945. The van der Waals surface area contributed by atoms with Gasteiger partial charge in [0.25, 0.3) is 0 Å². The number of likely N-dealkylation sites (tertiary alicyclic amines) is 1. The highest BCUT2D eigenvalue weighted by Crippen LogP contribution is 2.49. The molecule has 0 radical (unpaired) electrons. The second kappa shape index (κ2) is 10.2. The van der Waals surface area contributed by atoms with E-state index in [1.54, 1.807) is 7.11 Å². The number of hydrogen-bond donors (Lipinski definition) is 1. The number of rotatable bonds is 6. The molecule has 3 aromatic rings. The molecule has 2 fully saturated rings. The van der Waals surface area contributed by atoms with E-state index in [9.17, 15) is 9.90 Å². The Balaban J connectivity index is 1.48. The summed E-state index contributed by atoms with van der Waals surface area (Å²) in [5, 5.41) is 11.6. The molecule has 1 aliphatic heterocycles. The van der Waals surface area contributed by atoms with E-state index in [0.717, 1.165) is 48.4 Å². The van der Waals surface area contributed by atoms with Gasteiger partial charge in [0.15, 0.2) is 0 Å². The summed E-state index contributed by atoms with van der Waals surface area (Å²) >= 11 is 0. The minimum absolute atomic E-state index is 0.0164. The van der Waals surface area contributed by atoms with Crippen molar-refractivity contribution < 1.29 is 14.6 Å². The van der Waals surface area contributed by atoms with Crippen LogP contribution in [-0.2, 0) is 4.79 Å². The van der Waals surface area contributed by atoms with Crippen molar-refractivity contribution in [3.05, 3.63) is 90.5 Å². The van der Waals surface area contributed by atoms with E-state index >= 15 is 0 Å². The van der Waals surface area contributed by atoms with Gasteiger partial charge in [-0.15, -0.1) is 0 Å². The van der Waals surface area contributed by atoms with Crippen LogP contribution < -0.4 is 9.64 Å². The van der Waals surface area contributed by atoms with Crippen molar-refractivity contribution in [3.63, 3.8) is 0 Å². The first-order valence-corrected chi connectivity index (χ1v) is 12.6. The third-order valence-electron chi connectivity index (χ3n) is 7.75. The molecule has 182 valence electrons. The standard InChI is InChI=1S/C30H34N2O3/c1-35-26-17-15-23(16-18-26)29-27-14-8-9-19-30(27,34)20-21-31(29)22-28(33)32(24-10-4-2-5-11-24)25-12-6-3-7-13-25/h2-7,10-13,15-18,27,29,34H,8-9,14,19-22H2,1H3/t27-,29-,30-/m1/s1. The van der Waals surface area contributed by atoms with Crippen molar-refractivity contribution in [2.45, 2.75) is 43.7 Å². The summed E-state index contributed by atoms with van der Waals surface area (Å²) in [6.45, 7) is 0.972. The smallest absolute Gasteiger partial charge is 0.245 e. The molecule has 3 aromatic carbocycles. The number of ether oxygens (including phenoxy) is 1. The molecule has 1 aliphatic carbocycles. The number of hydrogen-bond acceptors (Lipinski definition) is 4. The van der Waals surface area contributed by atoms with Gasteiger partial charge < -0.3 is 9.84 Å². The first-order valence-electron chi connectivity index (χ1n) is 12.6. The normalized spacial score (nSPS) is 24.4. The van der Waals surface area contributed by atoms with Gasteiger partial charge in [0.05, 0.1) is 19.3 Å². The van der Waals surface area contributed by atoms with Gasteiger partial charge in [-0.2, -0.15) is 0 Å². The second-order valence-electron chi connectivity index (χ2n) is 9.79. The molecule has 1 amide bonds. The van der Waals surface area contributed by atoms with E-state index in [-0.39, 0.29) is 24.4 Å². The van der Waals surface area contributed by atoms with Gasteiger partial charge in [0.2, 0.25) is 5.91 Å². The first kappa shape index (κ1) is 23.6. The molecule has 1 N–H and O–H groups in total. The SMILES string of the molecule is COc1ccc([C@@H]2[C@H]3CCCC[C@@]3(O)CCN2CC(=O)N(c2ccccc2)c2ccccc2)cc1. The fourth-order valence-corrected chi connectivity index (χ4v) is 6.00. The van der Waals surface area contributed by atoms with Crippen LogP contribution in [0.2, 0.25) is 0 Å². The highest BCUT2D eigenvalue weighted by molar-refractivity contribution is 6.01. The van der Waals surface area contributed by atoms with Crippen LogP contribution in [0.1, 0.15) is 43.7 Å². The van der Waals surface area contributed by atoms with E-state index in [4.69, 9.17) is 4.74 Å². The number of para-hydroxylation sites is 2. The Morgan fingerprint density at radius 2 is 1.57 bits per heavy atom. The monoisotopic (exact) mass is 470 g/mol. The molecule has 35 heavy (non-hydrogen) atoms. The maximum Gasteiger partial charge on any atom is 0.245 e. The number of carbonyl (C=O) groups is 1. The lowest BCUT2D eigenvalue weighted by Crippen LogP contribution is -2.56. The molecular weight excluding hydrogens is 436 g/mol. The summed E-state index contributed by atoms with van der Waals surface area (Å²) in [5.41, 5.74) is 2.18. The summed E-state index contributed by atoms with van der Waals surface area (Å²) < 4.78 is 5.38. The van der Waals surface area contributed by atoms with Gasteiger partial charge >= 0.3 is 0 Å². The average Bonchev–Trinajstić information content (AvgIpc) is 2.90. The zero-order chi connectivity index (χ0) is 24.3. The van der Waals surface area contributed by atoms with Gasteiger partial charge in [-0.1, -0.05) is 61.4 Å². The predicted molar refractivity (Wildman–Crippen MR) is 139 cm³/mol. The molecule has 2 aliphatic rings. The Bertz CT molecular complexity index is 1080. The summed E-state index contributed by atoms with van der Waals surface area (Å²) in [7, 11) is 1.67. The lowest BCUT2D eigenvalue weighted by molar-refractivity contribution is -0.136. The maximum absolute atomic E-state index is 13.9. The number of piperidine rings is 1. The Morgan fingerprint density at radius 1 is 0.943 bits per heavy atom. The quantitative estimate of drug-likeness (QED) is 0.500. The molecule has 0 bridgehead atoms. The Hall–Kier alpha value is -3.15. The number of fused-ring (bicyclic) bond motifs is 1. The average molecular weight is 471 g/mol. The molecule has 5 rings (SSSR count). The number of benzene rings is 3. The highest BCUT2D eigenvalue weighted by Gasteiger charge is 2.49. The van der Waals surface area contributed by atoms with Gasteiger partial charge in [0, 0.05) is 29.9 Å². The van der Waals surface area contributed by atoms with Crippen molar-refractivity contribution in [2.24, 2.45) is 5.92 Å². The number of methoxy groups -OCH3 is 1. The molecule has 1 saturated heterocycles. The van der Waals surface area contributed by atoms with E-state index in [0.29, 0.717) is 13.0 Å². The number of aliphatic hydroxyl groups is 1. The van der Waals surface area contributed by atoms with E-state index < -0.39 is 5.60 Å². The Kier molecular flexibility index (Phi) is 6.89. The maximum atomic E-state index is 13.9. The third kappa shape index (κ3) is 4.84. The lowest BCUT2D eigenvalue weighted by Gasteiger charge is -2.52. The van der Waals surface area contributed by atoms with Crippen LogP contribution in [-0.4, -0.2) is 41.7 Å². The Labute approximate surface area is 208 Å². The van der Waals surface area contributed by atoms with Crippen LogP contribution >= 0.6 is 0 Å². The number of carbonyl (C=O) groups excluding carboxylic acids is 1. The minimum Gasteiger partial charge on any atom is -0.497 e. The minimum atomic E-state index is -0.666. The fraction of sp³-hybridized carbons (Fsp3) is 0.367. The van der Waals surface area contributed by atoms with Crippen molar-refractivity contribution in [1.29, 1.82) is 0 Å². The van der Waals surface area contributed by atoms with E-state index in [1.165, 1.54) is 0 Å². The zero-order valence-electron chi connectivity index (χ0n) is 20.3. The predicted octanol–water partition coefficient (Wildman–Crippen LogP) is 5.73. The van der Waals surface area contributed by atoms with Crippen LogP contribution in [0.4, 0.5) is 11.4 Å². The van der Waals surface area contributed by atoms with Gasteiger partial charge in [-0.05, 0) is 61.2 Å².